The van der Waals surface area contributed by atoms with Gasteiger partial charge < -0.3 is 10.3 Å². The van der Waals surface area contributed by atoms with Crippen molar-refractivity contribution in [3.63, 3.8) is 0 Å². The Morgan fingerprint density at radius 1 is 1.33 bits per heavy atom. The van der Waals surface area contributed by atoms with Crippen molar-refractivity contribution in [1.82, 2.24) is 20.2 Å². The lowest BCUT2D eigenvalue weighted by atomic mass is 10.1. The molecule has 5 heteroatoms. The molecule has 0 saturated carbocycles. The maximum Gasteiger partial charge on any atom is 0.120 e. The number of halogens is 1. The summed E-state index contributed by atoms with van der Waals surface area (Å²) < 4.78 is 0. The van der Waals surface area contributed by atoms with Gasteiger partial charge in [-0.15, -0.1) is 0 Å². The van der Waals surface area contributed by atoms with Crippen LogP contribution in [0.15, 0.2) is 36.7 Å². The predicted octanol–water partition coefficient (Wildman–Crippen LogP) is 2.99. The Balaban J connectivity index is 1.67. The molecule has 2 aromatic rings. The molecule has 1 aromatic heterocycles. The van der Waals surface area contributed by atoms with E-state index in [0.29, 0.717) is 6.04 Å². The van der Waals surface area contributed by atoms with E-state index in [1.54, 1.807) is 6.20 Å². The minimum absolute atomic E-state index is 0.376. The highest BCUT2D eigenvalue weighted by Crippen LogP contribution is 2.26. The first-order valence-electron chi connectivity index (χ1n) is 7.51. The average Bonchev–Trinajstić information content (AvgIpc) is 3.17. The number of imidazole rings is 1. The van der Waals surface area contributed by atoms with Crippen LogP contribution in [0, 0.1) is 0 Å². The van der Waals surface area contributed by atoms with Crippen molar-refractivity contribution >= 4 is 11.6 Å². The van der Waals surface area contributed by atoms with Gasteiger partial charge in [0.25, 0.3) is 0 Å². The first kappa shape index (κ1) is 14.6. The van der Waals surface area contributed by atoms with Crippen LogP contribution in [0.3, 0.4) is 0 Å². The Labute approximate surface area is 130 Å². The second kappa shape index (κ2) is 7.07. The number of rotatable bonds is 6. The maximum absolute atomic E-state index is 6.16. The van der Waals surface area contributed by atoms with Gasteiger partial charge in [0.1, 0.15) is 5.82 Å². The van der Waals surface area contributed by atoms with Gasteiger partial charge in [-0.25, -0.2) is 4.98 Å². The lowest BCUT2D eigenvalue weighted by molar-refractivity contribution is 0.238. The van der Waals surface area contributed by atoms with E-state index in [1.807, 2.05) is 18.3 Å². The molecular weight excluding hydrogens is 284 g/mol. The Morgan fingerprint density at radius 2 is 2.19 bits per heavy atom. The van der Waals surface area contributed by atoms with Gasteiger partial charge in [0.2, 0.25) is 0 Å². The molecule has 112 valence electrons. The van der Waals surface area contributed by atoms with E-state index in [-0.39, 0.29) is 0 Å². The minimum Gasteiger partial charge on any atom is -0.348 e. The third kappa shape index (κ3) is 3.84. The summed E-state index contributed by atoms with van der Waals surface area (Å²) in [7, 11) is 0. The molecule has 4 nitrogen and oxygen atoms in total. The number of nitrogens with zero attached hydrogens (tertiary/aromatic N) is 2. The fourth-order valence-electron chi connectivity index (χ4n) is 2.95. The summed E-state index contributed by atoms with van der Waals surface area (Å²) in [5.74, 6) is 0.973. The first-order chi connectivity index (χ1) is 10.3. The van der Waals surface area contributed by atoms with Gasteiger partial charge in [-0.3, -0.25) is 4.90 Å². The van der Waals surface area contributed by atoms with Crippen molar-refractivity contribution < 1.29 is 0 Å². The van der Waals surface area contributed by atoms with Gasteiger partial charge in [0, 0.05) is 30.0 Å². The van der Waals surface area contributed by atoms with Crippen LogP contribution in [0.2, 0.25) is 5.02 Å². The number of aromatic amines is 1. The van der Waals surface area contributed by atoms with E-state index in [0.717, 1.165) is 23.9 Å². The number of nitrogens with one attached hydrogen (secondary N) is 2. The summed E-state index contributed by atoms with van der Waals surface area (Å²) in [6.45, 7) is 4.00. The molecule has 1 aliphatic heterocycles. The van der Waals surface area contributed by atoms with Crippen LogP contribution in [0.5, 0.6) is 0 Å². The highest BCUT2D eigenvalue weighted by Gasteiger charge is 2.23. The molecule has 0 aliphatic carbocycles. The van der Waals surface area contributed by atoms with Crippen molar-refractivity contribution in [2.45, 2.75) is 25.4 Å². The lowest BCUT2D eigenvalue weighted by Crippen LogP contribution is -2.34. The standard InChI is InChI=1S/C16H21ClN4/c17-14-5-3-4-13(10-14)15(21-8-1-2-9-21)11-18-12-16-19-6-7-20-16/h3-7,10,15,18H,1-2,8-9,11-12H2,(H,19,20). The van der Waals surface area contributed by atoms with Crippen LogP contribution in [0.1, 0.15) is 30.3 Å². The van der Waals surface area contributed by atoms with E-state index in [9.17, 15) is 0 Å². The van der Waals surface area contributed by atoms with E-state index in [2.05, 4.69) is 32.3 Å². The third-order valence-electron chi connectivity index (χ3n) is 4.00. The summed E-state index contributed by atoms with van der Waals surface area (Å²) in [5, 5.41) is 4.31. The molecule has 2 N–H and O–H groups in total. The molecule has 0 radical (unpaired) electrons. The van der Waals surface area contributed by atoms with Gasteiger partial charge in [0.05, 0.1) is 6.54 Å². The van der Waals surface area contributed by atoms with Gasteiger partial charge >= 0.3 is 0 Å². The predicted molar refractivity (Wildman–Crippen MR) is 85.3 cm³/mol. The fraction of sp³-hybridized carbons (Fsp3) is 0.438. The molecule has 1 aromatic carbocycles. The Bertz CT molecular complexity index is 549. The monoisotopic (exact) mass is 304 g/mol. The molecular formula is C16H21ClN4. The zero-order valence-electron chi connectivity index (χ0n) is 12.1. The summed E-state index contributed by atoms with van der Waals surface area (Å²) in [5.41, 5.74) is 1.29. The van der Waals surface area contributed by atoms with Crippen molar-refractivity contribution in [3.8, 4) is 0 Å². The van der Waals surface area contributed by atoms with Crippen molar-refractivity contribution in [3.05, 3.63) is 53.1 Å². The molecule has 0 bridgehead atoms. The van der Waals surface area contributed by atoms with Crippen LogP contribution < -0.4 is 5.32 Å². The van der Waals surface area contributed by atoms with E-state index >= 15 is 0 Å². The Kier molecular flexibility index (Phi) is 4.91. The summed E-state index contributed by atoms with van der Waals surface area (Å²) in [6, 6.07) is 8.60. The third-order valence-corrected chi connectivity index (χ3v) is 4.23. The summed E-state index contributed by atoms with van der Waals surface area (Å²) in [4.78, 5) is 9.91. The number of benzene rings is 1. The van der Waals surface area contributed by atoms with Crippen LogP contribution in [0.25, 0.3) is 0 Å². The number of likely N-dealkylation sites (tertiary alicyclic amines) is 1. The summed E-state index contributed by atoms with van der Waals surface area (Å²) >= 11 is 6.16. The molecule has 0 spiro atoms. The number of aromatic nitrogens is 2. The van der Waals surface area contributed by atoms with E-state index in [1.165, 1.54) is 31.5 Å². The second-order valence-corrected chi connectivity index (χ2v) is 5.92. The molecule has 1 fully saturated rings. The second-order valence-electron chi connectivity index (χ2n) is 5.48. The number of hydrogen-bond donors (Lipinski definition) is 2. The van der Waals surface area contributed by atoms with Crippen LogP contribution >= 0.6 is 11.6 Å². The molecule has 1 atom stereocenters. The first-order valence-corrected chi connectivity index (χ1v) is 7.89. The Hall–Kier alpha value is -1.36. The van der Waals surface area contributed by atoms with Gasteiger partial charge in [-0.1, -0.05) is 23.7 Å². The van der Waals surface area contributed by atoms with Crippen LogP contribution in [-0.4, -0.2) is 34.5 Å². The van der Waals surface area contributed by atoms with E-state index in [4.69, 9.17) is 11.6 Å². The van der Waals surface area contributed by atoms with Crippen molar-refractivity contribution in [1.29, 1.82) is 0 Å². The number of hydrogen-bond acceptors (Lipinski definition) is 3. The normalized spacial score (nSPS) is 17.2. The maximum atomic E-state index is 6.16. The zero-order chi connectivity index (χ0) is 14.5. The molecule has 0 amide bonds. The molecule has 2 heterocycles. The Morgan fingerprint density at radius 3 is 2.90 bits per heavy atom. The number of H-pyrrole nitrogens is 1. The smallest absolute Gasteiger partial charge is 0.120 e. The van der Waals surface area contributed by atoms with Crippen molar-refractivity contribution in [2.75, 3.05) is 19.6 Å². The topological polar surface area (TPSA) is 44.0 Å². The molecule has 21 heavy (non-hydrogen) atoms. The zero-order valence-corrected chi connectivity index (χ0v) is 12.8. The SMILES string of the molecule is Clc1cccc(C(CNCc2ncc[nH]2)N2CCCC2)c1. The lowest BCUT2D eigenvalue weighted by Gasteiger charge is -2.28. The van der Waals surface area contributed by atoms with E-state index < -0.39 is 0 Å². The molecule has 1 saturated heterocycles. The quantitative estimate of drug-likeness (QED) is 0.862. The van der Waals surface area contributed by atoms with Gasteiger partial charge in [0.15, 0.2) is 0 Å². The molecule has 1 aliphatic rings. The van der Waals surface area contributed by atoms with Crippen LogP contribution in [-0.2, 0) is 6.54 Å². The van der Waals surface area contributed by atoms with Crippen molar-refractivity contribution in [2.24, 2.45) is 0 Å². The molecule has 1 unspecified atom stereocenters. The van der Waals surface area contributed by atoms with Gasteiger partial charge in [-0.05, 0) is 43.6 Å². The van der Waals surface area contributed by atoms with Crippen LogP contribution in [0.4, 0.5) is 0 Å². The minimum atomic E-state index is 0.376. The fourth-order valence-corrected chi connectivity index (χ4v) is 3.15. The largest absolute Gasteiger partial charge is 0.348 e. The highest BCUT2D eigenvalue weighted by atomic mass is 35.5. The van der Waals surface area contributed by atoms with Gasteiger partial charge in [-0.2, -0.15) is 0 Å². The summed E-state index contributed by atoms with van der Waals surface area (Å²) in [6.07, 6.45) is 6.21. The average molecular weight is 305 g/mol. The highest BCUT2D eigenvalue weighted by molar-refractivity contribution is 6.30. The molecule has 3 rings (SSSR count).